The molecule has 0 aliphatic carbocycles. The van der Waals surface area contributed by atoms with Gasteiger partial charge in [-0.15, -0.1) is 11.8 Å². The highest BCUT2D eigenvalue weighted by Gasteiger charge is 2.20. The fourth-order valence-electron chi connectivity index (χ4n) is 3.11. The van der Waals surface area contributed by atoms with Crippen LogP contribution in [-0.4, -0.2) is 26.3 Å². The first-order chi connectivity index (χ1) is 15.4. The van der Waals surface area contributed by atoms with Gasteiger partial charge in [0.25, 0.3) is 0 Å². The molecular weight excluding hydrogens is 486 g/mol. The number of rotatable bonds is 7. The molecule has 1 atom stereocenters. The largest absolute Gasteiger partial charge is 0.460 e. The number of aryl methyl sites for hydroxylation is 1. The van der Waals surface area contributed by atoms with Crippen molar-refractivity contribution in [3.05, 3.63) is 58.2 Å². The second-order valence-corrected chi connectivity index (χ2v) is 10.6. The van der Waals surface area contributed by atoms with Crippen molar-refractivity contribution in [3.8, 4) is 11.1 Å². The predicted octanol–water partition coefficient (Wildman–Crippen LogP) is 6.56. The van der Waals surface area contributed by atoms with Crippen molar-refractivity contribution in [2.45, 2.75) is 56.4 Å². The average molecular weight is 511 g/mol. The minimum atomic E-state index is -0.526. The molecule has 6 nitrogen and oxygen atoms in total. The molecule has 2 heterocycles. The molecular formula is C23H25Cl2FN4O2S. The molecule has 33 heavy (non-hydrogen) atoms. The first kappa shape index (κ1) is 25.3. The monoisotopic (exact) mass is 510 g/mol. The molecule has 2 N–H and O–H groups in total. The molecule has 0 amide bonds. The maximum Gasteiger partial charge on any atom is 0.308 e. The van der Waals surface area contributed by atoms with Crippen molar-refractivity contribution in [3.63, 3.8) is 0 Å². The maximum atomic E-state index is 13.9. The Morgan fingerprint density at radius 1 is 1.27 bits per heavy atom. The first-order valence-electron chi connectivity index (χ1n) is 10.2. The van der Waals surface area contributed by atoms with E-state index in [0.717, 1.165) is 11.1 Å². The Morgan fingerprint density at radius 3 is 2.70 bits per heavy atom. The zero-order valence-corrected chi connectivity index (χ0v) is 21.1. The fraction of sp³-hybridized carbons (Fsp3) is 0.348. The summed E-state index contributed by atoms with van der Waals surface area (Å²) >= 11 is 13.8. The van der Waals surface area contributed by atoms with Crippen molar-refractivity contribution in [2.75, 3.05) is 5.73 Å². The third-order valence-corrected chi connectivity index (χ3v) is 6.49. The van der Waals surface area contributed by atoms with Gasteiger partial charge in [0.05, 0.1) is 29.1 Å². The van der Waals surface area contributed by atoms with Gasteiger partial charge in [-0.05, 0) is 45.9 Å². The van der Waals surface area contributed by atoms with E-state index in [9.17, 15) is 9.18 Å². The Labute approximate surface area is 206 Å². The van der Waals surface area contributed by atoms with Crippen LogP contribution in [-0.2, 0) is 16.1 Å². The van der Waals surface area contributed by atoms with Crippen LogP contribution in [0, 0.1) is 5.82 Å². The number of thioether (sulfide) groups is 1. The van der Waals surface area contributed by atoms with Crippen LogP contribution in [0.4, 0.5) is 10.2 Å². The van der Waals surface area contributed by atoms with Crippen LogP contribution in [0.25, 0.3) is 11.1 Å². The minimum absolute atomic E-state index is 0.00329. The molecule has 176 valence electrons. The molecule has 3 rings (SSSR count). The maximum absolute atomic E-state index is 13.9. The van der Waals surface area contributed by atoms with Gasteiger partial charge in [-0.2, -0.15) is 5.10 Å². The van der Waals surface area contributed by atoms with Gasteiger partial charge >= 0.3 is 5.97 Å². The summed E-state index contributed by atoms with van der Waals surface area (Å²) in [5, 5.41) is 4.44. The Balaban J connectivity index is 1.75. The van der Waals surface area contributed by atoms with E-state index in [4.69, 9.17) is 33.7 Å². The lowest BCUT2D eigenvalue weighted by atomic mass is 10.1. The number of pyridine rings is 1. The summed E-state index contributed by atoms with van der Waals surface area (Å²) in [5.41, 5.74) is 7.70. The normalized spacial score (nSPS) is 12.6. The zero-order chi connectivity index (χ0) is 24.3. The van der Waals surface area contributed by atoms with Crippen molar-refractivity contribution in [2.24, 2.45) is 0 Å². The summed E-state index contributed by atoms with van der Waals surface area (Å²) in [6, 6.07) is 4.61. The number of esters is 1. The van der Waals surface area contributed by atoms with Crippen LogP contribution in [0.2, 0.25) is 10.0 Å². The molecule has 0 bridgehead atoms. The number of nitrogens with two attached hydrogens (primary N) is 1. The number of carbonyl (C=O) groups is 1. The number of benzene rings is 1. The number of anilines is 1. The lowest BCUT2D eigenvalue weighted by Crippen LogP contribution is -2.24. The van der Waals surface area contributed by atoms with E-state index in [0.29, 0.717) is 27.8 Å². The number of nitrogen functional groups attached to an aromatic ring is 1. The molecule has 10 heteroatoms. The molecule has 0 spiro atoms. The summed E-state index contributed by atoms with van der Waals surface area (Å²) in [4.78, 5) is 16.9. The van der Waals surface area contributed by atoms with Gasteiger partial charge in [-0.25, -0.2) is 9.37 Å². The SMILES string of the molecule is CC(Sc1cc(-c2cnn(CCC(=O)OC(C)(C)C)c2)cnc1N)c1c(Cl)ccc(F)c1Cl. The van der Waals surface area contributed by atoms with Crippen LogP contribution >= 0.6 is 35.0 Å². The Hall–Kier alpha value is -2.29. The van der Waals surface area contributed by atoms with Gasteiger partial charge in [0.2, 0.25) is 0 Å². The summed E-state index contributed by atoms with van der Waals surface area (Å²) < 4.78 is 21.0. The van der Waals surface area contributed by atoms with Crippen molar-refractivity contribution in [1.29, 1.82) is 0 Å². The fourth-order valence-corrected chi connectivity index (χ4v) is 5.04. The molecule has 0 aliphatic rings. The molecule has 1 unspecified atom stereocenters. The molecule has 0 saturated carbocycles. The van der Waals surface area contributed by atoms with Gasteiger partial charge in [0.1, 0.15) is 17.2 Å². The predicted molar refractivity (Wildman–Crippen MR) is 131 cm³/mol. The highest BCUT2D eigenvalue weighted by atomic mass is 35.5. The number of hydrogen-bond acceptors (Lipinski definition) is 6. The van der Waals surface area contributed by atoms with E-state index in [1.807, 2.05) is 40.0 Å². The second-order valence-electron chi connectivity index (χ2n) is 8.45. The third kappa shape index (κ3) is 6.62. The second kappa shape index (κ2) is 10.3. The van der Waals surface area contributed by atoms with Crippen LogP contribution in [0.3, 0.4) is 0 Å². The van der Waals surface area contributed by atoms with Crippen LogP contribution in [0.5, 0.6) is 0 Å². The van der Waals surface area contributed by atoms with E-state index in [1.54, 1.807) is 17.1 Å². The number of ether oxygens (including phenoxy) is 1. The molecule has 0 aliphatic heterocycles. The number of halogens is 3. The van der Waals surface area contributed by atoms with E-state index in [-0.39, 0.29) is 22.7 Å². The van der Waals surface area contributed by atoms with Gasteiger partial charge in [-0.3, -0.25) is 9.48 Å². The smallest absolute Gasteiger partial charge is 0.308 e. The quantitative estimate of drug-likeness (QED) is 0.220. The van der Waals surface area contributed by atoms with Crippen molar-refractivity contribution < 1.29 is 13.9 Å². The molecule has 0 saturated heterocycles. The lowest BCUT2D eigenvalue weighted by Gasteiger charge is -2.19. The number of hydrogen-bond donors (Lipinski definition) is 1. The highest BCUT2D eigenvalue weighted by molar-refractivity contribution is 7.99. The molecule has 1 aromatic carbocycles. The summed E-state index contributed by atoms with van der Waals surface area (Å²) in [6.45, 7) is 7.76. The summed E-state index contributed by atoms with van der Waals surface area (Å²) in [5.74, 6) is -0.463. The van der Waals surface area contributed by atoms with Gasteiger partial charge in [0.15, 0.2) is 0 Å². The van der Waals surface area contributed by atoms with Crippen LogP contribution in [0.15, 0.2) is 41.7 Å². The number of carbonyl (C=O) groups excluding carboxylic acids is 1. The number of aromatic nitrogens is 3. The highest BCUT2D eigenvalue weighted by Crippen LogP contribution is 2.44. The molecule has 0 radical (unpaired) electrons. The van der Waals surface area contributed by atoms with Gasteiger partial charge in [-0.1, -0.05) is 23.2 Å². The average Bonchev–Trinajstić information content (AvgIpc) is 3.19. The van der Waals surface area contributed by atoms with E-state index < -0.39 is 11.4 Å². The standard InChI is InChI=1S/C23H25Cl2FN4O2S/c1-13(20-16(24)5-6-17(26)21(20)25)33-18-9-14(10-28-22(18)27)15-11-29-30(12-15)8-7-19(31)32-23(2,3)4/h5-6,9-13H,7-8H2,1-4H3,(H2,27,28). The van der Waals surface area contributed by atoms with E-state index in [1.165, 1.54) is 23.9 Å². The number of nitrogens with zero attached hydrogens (tertiary/aromatic N) is 3. The van der Waals surface area contributed by atoms with Crippen molar-refractivity contribution in [1.82, 2.24) is 14.8 Å². The summed E-state index contributed by atoms with van der Waals surface area (Å²) in [6.07, 6.45) is 5.39. The van der Waals surface area contributed by atoms with Gasteiger partial charge in [0, 0.05) is 39.4 Å². The summed E-state index contributed by atoms with van der Waals surface area (Å²) in [7, 11) is 0. The van der Waals surface area contributed by atoms with Crippen LogP contribution < -0.4 is 5.73 Å². The van der Waals surface area contributed by atoms with E-state index in [2.05, 4.69) is 10.1 Å². The topological polar surface area (TPSA) is 83.0 Å². The van der Waals surface area contributed by atoms with Crippen molar-refractivity contribution >= 4 is 46.8 Å². The first-order valence-corrected chi connectivity index (χ1v) is 11.9. The third-order valence-electron chi connectivity index (χ3n) is 4.60. The molecule has 3 aromatic rings. The Kier molecular flexibility index (Phi) is 7.92. The zero-order valence-electron chi connectivity index (χ0n) is 18.7. The molecule has 2 aromatic heterocycles. The Bertz CT molecular complexity index is 1160. The van der Waals surface area contributed by atoms with E-state index >= 15 is 0 Å². The Morgan fingerprint density at radius 2 is 2.00 bits per heavy atom. The lowest BCUT2D eigenvalue weighted by molar-refractivity contribution is -0.155. The molecule has 0 fully saturated rings. The van der Waals surface area contributed by atoms with Gasteiger partial charge < -0.3 is 10.5 Å². The van der Waals surface area contributed by atoms with Crippen LogP contribution in [0.1, 0.15) is 44.9 Å². The minimum Gasteiger partial charge on any atom is -0.460 e.